The average molecular weight is 831 g/mol. The van der Waals surface area contributed by atoms with E-state index in [1.54, 1.807) is 0 Å². The number of nitrogens with zero attached hydrogens (tertiary/aromatic N) is 2. The topological polar surface area (TPSA) is 8.17 Å². The first-order valence-corrected chi connectivity index (χ1v) is 22.6. The van der Waals surface area contributed by atoms with Gasteiger partial charge < -0.3 is 9.47 Å². The molecule has 11 aromatic rings. The summed E-state index contributed by atoms with van der Waals surface area (Å²) in [6, 6.07) is 89.5. The lowest BCUT2D eigenvalue weighted by molar-refractivity contribution is 0.768. The summed E-state index contributed by atoms with van der Waals surface area (Å²) < 4.78 is 2.43. The molecule has 10 aromatic carbocycles. The van der Waals surface area contributed by atoms with E-state index in [1.165, 1.54) is 94.3 Å². The Morgan fingerprint density at radius 1 is 0.369 bits per heavy atom. The number of anilines is 3. The summed E-state index contributed by atoms with van der Waals surface area (Å²) in [7, 11) is 0. The van der Waals surface area contributed by atoms with Gasteiger partial charge in [-0.1, -0.05) is 188 Å². The molecule has 1 aromatic heterocycles. The van der Waals surface area contributed by atoms with Crippen LogP contribution < -0.4 is 4.90 Å². The van der Waals surface area contributed by atoms with Crippen LogP contribution in [0.1, 0.15) is 33.4 Å². The molecule has 0 atom stereocenters. The Morgan fingerprint density at radius 2 is 0.954 bits per heavy atom. The van der Waals surface area contributed by atoms with E-state index in [9.17, 15) is 0 Å². The molecule has 0 saturated carbocycles. The normalized spacial score (nSPS) is 12.6. The zero-order valence-electron chi connectivity index (χ0n) is 36.5. The van der Waals surface area contributed by atoms with Crippen LogP contribution in [-0.2, 0) is 5.41 Å². The van der Waals surface area contributed by atoms with Gasteiger partial charge in [-0.3, -0.25) is 0 Å². The molecule has 0 radical (unpaired) electrons. The van der Waals surface area contributed by atoms with E-state index in [2.05, 4.69) is 266 Å². The van der Waals surface area contributed by atoms with E-state index in [0.29, 0.717) is 0 Å². The summed E-state index contributed by atoms with van der Waals surface area (Å²) in [5.41, 5.74) is 21.3. The summed E-state index contributed by atoms with van der Waals surface area (Å²) in [5.74, 6) is 0. The van der Waals surface area contributed by atoms with Crippen molar-refractivity contribution in [3.8, 4) is 39.1 Å². The molecule has 308 valence electrons. The minimum Gasteiger partial charge on any atom is -0.310 e. The van der Waals surface area contributed by atoms with Crippen LogP contribution in [0.4, 0.5) is 17.1 Å². The van der Waals surface area contributed by atoms with E-state index >= 15 is 0 Å². The number of para-hydroxylation sites is 2. The van der Waals surface area contributed by atoms with Gasteiger partial charge in [-0.15, -0.1) is 0 Å². The Bertz CT molecular complexity index is 3510. The van der Waals surface area contributed by atoms with Crippen LogP contribution in [0, 0.1) is 13.8 Å². The second-order valence-electron chi connectivity index (χ2n) is 17.4. The van der Waals surface area contributed by atoms with Crippen molar-refractivity contribution >= 4 is 38.9 Å². The summed E-state index contributed by atoms with van der Waals surface area (Å²) in [5, 5.41) is 2.51. The van der Waals surface area contributed by atoms with E-state index in [1.807, 2.05) is 0 Å². The van der Waals surface area contributed by atoms with Gasteiger partial charge in [-0.25, -0.2) is 0 Å². The highest BCUT2D eigenvalue weighted by Crippen LogP contribution is 2.57. The molecular weight excluding hydrogens is 785 g/mol. The molecule has 2 nitrogen and oxygen atoms in total. The van der Waals surface area contributed by atoms with Crippen molar-refractivity contribution in [3.05, 3.63) is 276 Å². The van der Waals surface area contributed by atoms with Gasteiger partial charge in [-0.05, 0) is 130 Å². The zero-order valence-corrected chi connectivity index (χ0v) is 36.5. The molecule has 0 aliphatic heterocycles. The number of hydrogen-bond donors (Lipinski definition) is 0. The number of benzene rings is 10. The molecule has 0 bridgehead atoms. The van der Waals surface area contributed by atoms with Gasteiger partial charge >= 0.3 is 0 Å². The Morgan fingerprint density at radius 3 is 1.71 bits per heavy atom. The van der Waals surface area contributed by atoms with Gasteiger partial charge in [0.15, 0.2) is 0 Å². The summed E-state index contributed by atoms with van der Waals surface area (Å²) in [4.78, 5) is 2.46. The van der Waals surface area contributed by atoms with Crippen LogP contribution in [0.25, 0.3) is 60.9 Å². The Labute approximate surface area is 381 Å². The van der Waals surface area contributed by atoms with Gasteiger partial charge in [0.2, 0.25) is 0 Å². The van der Waals surface area contributed by atoms with Crippen LogP contribution in [-0.4, -0.2) is 4.57 Å². The Hall–Kier alpha value is -8.20. The smallest absolute Gasteiger partial charge is 0.0714 e. The molecule has 2 heteroatoms. The quantitative estimate of drug-likeness (QED) is 0.148. The number of aromatic nitrogens is 1. The van der Waals surface area contributed by atoms with Crippen molar-refractivity contribution in [1.82, 2.24) is 4.57 Å². The fraction of sp³-hybridized carbons (Fsp3) is 0.0476. The third-order valence-corrected chi connectivity index (χ3v) is 13.7. The second-order valence-corrected chi connectivity index (χ2v) is 17.4. The molecular formula is C63H46N2. The van der Waals surface area contributed by atoms with E-state index in [0.717, 1.165) is 17.1 Å². The lowest BCUT2D eigenvalue weighted by Gasteiger charge is -2.35. The number of fused-ring (bicyclic) bond motifs is 6. The standard InChI is InChI=1S/C63H46N2/c1-43-30-31-44(2)62(40-43)65-60-29-17-14-26-55(60)56-41-47(34-39-61(56)65)45-32-35-50(36-33-45)64(59-28-16-13-24-52(59)46-18-6-3-7-19-46)51-37-38-54-53-25-12-15-27-57(53)63(58(54)42-51,48-20-8-4-9-21-48)49-22-10-5-11-23-49/h3-42H,1-2H3. The molecule has 1 heterocycles. The van der Waals surface area contributed by atoms with Gasteiger partial charge in [0.1, 0.15) is 0 Å². The van der Waals surface area contributed by atoms with Crippen LogP contribution in [0.5, 0.6) is 0 Å². The number of hydrogen-bond acceptors (Lipinski definition) is 1. The zero-order chi connectivity index (χ0) is 43.5. The average Bonchev–Trinajstić information content (AvgIpc) is 3.86. The largest absolute Gasteiger partial charge is 0.310 e. The maximum absolute atomic E-state index is 2.46. The highest BCUT2D eigenvalue weighted by Gasteiger charge is 2.46. The maximum Gasteiger partial charge on any atom is 0.0714 e. The van der Waals surface area contributed by atoms with Gasteiger partial charge in [-0.2, -0.15) is 0 Å². The Balaban J connectivity index is 1.04. The molecule has 12 rings (SSSR count). The molecule has 0 saturated heterocycles. The molecule has 1 aliphatic rings. The van der Waals surface area contributed by atoms with Crippen molar-refractivity contribution in [1.29, 1.82) is 0 Å². The lowest BCUT2D eigenvalue weighted by Crippen LogP contribution is -2.28. The first-order valence-electron chi connectivity index (χ1n) is 22.6. The van der Waals surface area contributed by atoms with Gasteiger partial charge in [0, 0.05) is 33.4 Å². The molecule has 0 spiro atoms. The third-order valence-electron chi connectivity index (χ3n) is 13.7. The second kappa shape index (κ2) is 15.6. The van der Waals surface area contributed by atoms with Crippen LogP contribution in [0.3, 0.4) is 0 Å². The molecule has 0 N–H and O–H groups in total. The van der Waals surface area contributed by atoms with Crippen molar-refractivity contribution in [2.75, 3.05) is 4.90 Å². The molecule has 0 amide bonds. The van der Waals surface area contributed by atoms with Crippen LogP contribution in [0.15, 0.2) is 243 Å². The summed E-state index contributed by atoms with van der Waals surface area (Å²) in [6.45, 7) is 4.38. The first kappa shape index (κ1) is 38.5. The molecule has 0 unspecified atom stereocenters. The van der Waals surface area contributed by atoms with Crippen LogP contribution in [0.2, 0.25) is 0 Å². The summed E-state index contributed by atoms with van der Waals surface area (Å²) >= 11 is 0. The SMILES string of the molecule is Cc1ccc(C)c(-n2c3ccccc3c3cc(-c4ccc(N(c5ccc6c(c5)C(c5ccccc5)(c5ccccc5)c5ccccc5-6)c5ccccc5-c5ccccc5)cc4)ccc32)c1. The number of aryl methyl sites for hydroxylation is 2. The Kier molecular flexibility index (Phi) is 9.21. The van der Waals surface area contributed by atoms with Gasteiger partial charge in [0.25, 0.3) is 0 Å². The monoisotopic (exact) mass is 830 g/mol. The highest BCUT2D eigenvalue weighted by atomic mass is 15.1. The predicted octanol–water partition coefficient (Wildman–Crippen LogP) is 16.6. The lowest BCUT2D eigenvalue weighted by atomic mass is 9.67. The van der Waals surface area contributed by atoms with Gasteiger partial charge in [0.05, 0.1) is 22.1 Å². The van der Waals surface area contributed by atoms with E-state index < -0.39 is 5.41 Å². The van der Waals surface area contributed by atoms with Crippen molar-refractivity contribution in [3.63, 3.8) is 0 Å². The van der Waals surface area contributed by atoms with Crippen molar-refractivity contribution in [2.45, 2.75) is 19.3 Å². The van der Waals surface area contributed by atoms with Crippen LogP contribution >= 0.6 is 0 Å². The van der Waals surface area contributed by atoms with E-state index in [4.69, 9.17) is 0 Å². The molecule has 1 aliphatic carbocycles. The minimum atomic E-state index is -0.515. The minimum absolute atomic E-state index is 0.515. The number of rotatable bonds is 8. The van der Waals surface area contributed by atoms with Crippen molar-refractivity contribution < 1.29 is 0 Å². The summed E-state index contributed by atoms with van der Waals surface area (Å²) in [6.07, 6.45) is 0. The first-order chi connectivity index (χ1) is 32.1. The highest BCUT2D eigenvalue weighted by molar-refractivity contribution is 6.10. The molecule has 0 fully saturated rings. The van der Waals surface area contributed by atoms with Crippen molar-refractivity contribution in [2.24, 2.45) is 0 Å². The fourth-order valence-corrected chi connectivity index (χ4v) is 10.7. The fourth-order valence-electron chi connectivity index (χ4n) is 10.7. The molecule has 65 heavy (non-hydrogen) atoms. The maximum atomic E-state index is 2.46. The predicted molar refractivity (Wildman–Crippen MR) is 273 cm³/mol. The van der Waals surface area contributed by atoms with E-state index in [-0.39, 0.29) is 0 Å². The third kappa shape index (κ3) is 6.17.